The van der Waals surface area contributed by atoms with Crippen molar-refractivity contribution in [2.45, 2.75) is 39.2 Å². The standard InChI is InChI=1S/C17H25N3O2/c1-12(2)19-17(22)20-9-7-14(8-10-20)11-13-3-5-15(6-4-13)16(18)21/h3-6,12,14H,7-11H2,1-2H3,(H2,18,21)(H,19,22). The van der Waals surface area contributed by atoms with Crippen LogP contribution in [-0.4, -0.2) is 36.0 Å². The van der Waals surface area contributed by atoms with Crippen LogP contribution < -0.4 is 11.1 Å². The minimum Gasteiger partial charge on any atom is -0.366 e. The highest BCUT2D eigenvalue weighted by Crippen LogP contribution is 2.22. The number of benzene rings is 1. The first-order chi connectivity index (χ1) is 10.5. The van der Waals surface area contributed by atoms with E-state index >= 15 is 0 Å². The van der Waals surface area contributed by atoms with E-state index in [1.165, 1.54) is 5.56 Å². The number of rotatable bonds is 4. The van der Waals surface area contributed by atoms with Gasteiger partial charge in [-0.2, -0.15) is 0 Å². The molecule has 1 aliphatic rings. The minimum absolute atomic E-state index is 0.0410. The SMILES string of the molecule is CC(C)NC(=O)N1CCC(Cc2ccc(C(N)=O)cc2)CC1. The van der Waals surface area contributed by atoms with Gasteiger partial charge in [-0.3, -0.25) is 4.79 Å². The average Bonchev–Trinajstić information content (AvgIpc) is 2.48. The number of urea groups is 1. The number of hydrogen-bond acceptors (Lipinski definition) is 2. The normalized spacial score (nSPS) is 15.9. The third kappa shape index (κ3) is 4.48. The van der Waals surface area contributed by atoms with E-state index in [0.29, 0.717) is 11.5 Å². The molecular formula is C17H25N3O2. The van der Waals surface area contributed by atoms with Gasteiger partial charge in [0.2, 0.25) is 5.91 Å². The molecule has 5 heteroatoms. The number of primary amides is 1. The van der Waals surface area contributed by atoms with Gasteiger partial charge in [-0.15, -0.1) is 0 Å². The number of carbonyl (C=O) groups excluding carboxylic acids is 2. The molecule has 0 aliphatic carbocycles. The Labute approximate surface area is 131 Å². The van der Waals surface area contributed by atoms with Gasteiger partial charge in [-0.1, -0.05) is 12.1 Å². The number of hydrogen-bond donors (Lipinski definition) is 2. The molecule has 1 aromatic rings. The van der Waals surface area contributed by atoms with E-state index in [0.717, 1.165) is 32.4 Å². The minimum atomic E-state index is -0.393. The quantitative estimate of drug-likeness (QED) is 0.894. The van der Waals surface area contributed by atoms with Crippen molar-refractivity contribution in [1.29, 1.82) is 0 Å². The highest BCUT2D eigenvalue weighted by Gasteiger charge is 2.23. The maximum absolute atomic E-state index is 11.9. The molecule has 1 aromatic carbocycles. The Morgan fingerprint density at radius 1 is 1.23 bits per heavy atom. The van der Waals surface area contributed by atoms with Gasteiger partial charge in [0.15, 0.2) is 0 Å². The first-order valence-electron chi connectivity index (χ1n) is 7.90. The molecule has 22 heavy (non-hydrogen) atoms. The summed E-state index contributed by atoms with van der Waals surface area (Å²) in [6, 6.07) is 7.72. The number of amides is 3. The number of nitrogens with zero attached hydrogens (tertiary/aromatic N) is 1. The van der Waals surface area contributed by atoms with Crippen LogP contribution in [0.2, 0.25) is 0 Å². The van der Waals surface area contributed by atoms with E-state index in [1.807, 2.05) is 30.9 Å². The fourth-order valence-corrected chi connectivity index (χ4v) is 2.82. The zero-order valence-corrected chi connectivity index (χ0v) is 13.3. The van der Waals surface area contributed by atoms with Crippen LogP contribution in [0.5, 0.6) is 0 Å². The summed E-state index contributed by atoms with van der Waals surface area (Å²) < 4.78 is 0. The van der Waals surface area contributed by atoms with Crippen molar-refractivity contribution in [1.82, 2.24) is 10.2 Å². The lowest BCUT2D eigenvalue weighted by molar-refractivity contribution is 0.1000. The molecule has 3 N–H and O–H groups in total. The lowest BCUT2D eigenvalue weighted by atomic mass is 9.90. The lowest BCUT2D eigenvalue weighted by Crippen LogP contribution is -2.46. The van der Waals surface area contributed by atoms with Crippen molar-refractivity contribution < 1.29 is 9.59 Å². The van der Waals surface area contributed by atoms with Crippen LogP contribution in [-0.2, 0) is 6.42 Å². The molecule has 0 bridgehead atoms. The van der Waals surface area contributed by atoms with Crippen molar-refractivity contribution in [3.05, 3.63) is 35.4 Å². The summed E-state index contributed by atoms with van der Waals surface area (Å²) in [5.74, 6) is 0.193. The van der Waals surface area contributed by atoms with Crippen molar-refractivity contribution in [2.24, 2.45) is 11.7 Å². The van der Waals surface area contributed by atoms with Crippen LogP contribution in [0.4, 0.5) is 4.79 Å². The zero-order valence-electron chi connectivity index (χ0n) is 13.3. The van der Waals surface area contributed by atoms with E-state index in [9.17, 15) is 9.59 Å². The predicted molar refractivity (Wildman–Crippen MR) is 86.6 cm³/mol. The highest BCUT2D eigenvalue weighted by atomic mass is 16.2. The van der Waals surface area contributed by atoms with Gasteiger partial charge in [-0.05, 0) is 56.7 Å². The van der Waals surface area contributed by atoms with Gasteiger partial charge < -0.3 is 16.0 Å². The fraction of sp³-hybridized carbons (Fsp3) is 0.529. The van der Waals surface area contributed by atoms with Gasteiger partial charge in [0, 0.05) is 24.7 Å². The number of nitrogens with one attached hydrogen (secondary N) is 1. The Morgan fingerprint density at radius 2 is 1.82 bits per heavy atom. The van der Waals surface area contributed by atoms with Crippen molar-refractivity contribution in [3.8, 4) is 0 Å². The maximum atomic E-state index is 11.9. The fourth-order valence-electron chi connectivity index (χ4n) is 2.82. The van der Waals surface area contributed by atoms with E-state index in [2.05, 4.69) is 5.32 Å². The number of carbonyl (C=O) groups is 2. The second-order valence-electron chi connectivity index (χ2n) is 6.30. The summed E-state index contributed by atoms with van der Waals surface area (Å²) in [4.78, 5) is 24.9. The summed E-state index contributed by atoms with van der Waals surface area (Å²) in [7, 11) is 0. The zero-order chi connectivity index (χ0) is 16.1. The summed E-state index contributed by atoms with van der Waals surface area (Å²) in [5, 5.41) is 2.94. The van der Waals surface area contributed by atoms with Crippen LogP contribution in [0.25, 0.3) is 0 Å². The molecular weight excluding hydrogens is 278 g/mol. The Balaban J connectivity index is 1.82. The Kier molecular flexibility index (Phi) is 5.41. The summed E-state index contributed by atoms with van der Waals surface area (Å²) in [6.07, 6.45) is 3.02. The summed E-state index contributed by atoms with van der Waals surface area (Å²) in [5.41, 5.74) is 7.01. The van der Waals surface area contributed by atoms with Crippen molar-refractivity contribution in [2.75, 3.05) is 13.1 Å². The van der Waals surface area contributed by atoms with E-state index in [-0.39, 0.29) is 12.1 Å². The number of nitrogens with two attached hydrogens (primary N) is 1. The first kappa shape index (κ1) is 16.3. The largest absolute Gasteiger partial charge is 0.366 e. The molecule has 2 rings (SSSR count). The molecule has 1 saturated heterocycles. The molecule has 5 nitrogen and oxygen atoms in total. The van der Waals surface area contributed by atoms with Gasteiger partial charge >= 0.3 is 6.03 Å². The maximum Gasteiger partial charge on any atom is 0.317 e. The third-order valence-electron chi connectivity index (χ3n) is 4.08. The van der Waals surface area contributed by atoms with Gasteiger partial charge in [0.25, 0.3) is 0 Å². The smallest absolute Gasteiger partial charge is 0.317 e. The molecule has 0 unspecified atom stereocenters. The summed E-state index contributed by atoms with van der Waals surface area (Å²) >= 11 is 0. The molecule has 0 spiro atoms. The van der Waals surface area contributed by atoms with Crippen LogP contribution in [0.1, 0.15) is 42.6 Å². The third-order valence-corrected chi connectivity index (χ3v) is 4.08. The van der Waals surface area contributed by atoms with Crippen molar-refractivity contribution in [3.63, 3.8) is 0 Å². The average molecular weight is 303 g/mol. The first-order valence-corrected chi connectivity index (χ1v) is 7.90. The second kappa shape index (κ2) is 7.29. The molecule has 1 fully saturated rings. The predicted octanol–water partition coefficient (Wildman–Crippen LogP) is 2.16. The lowest BCUT2D eigenvalue weighted by Gasteiger charge is -2.32. The Hall–Kier alpha value is -2.04. The molecule has 0 atom stereocenters. The Morgan fingerprint density at radius 3 is 2.32 bits per heavy atom. The van der Waals surface area contributed by atoms with Crippen molar-refractivity contribution >= 4 is 11.9 Å². The van der Waals surface area contributed by atoms with Gasteiger partial charge in [0.1, 0.15) is 0 Å². The molecule has 120 valence electrons. The number of piperidine rings is 1. The summed E-state index contributed by atoms with van der Waals surface area (Å²) in [6.45, 7) is 5.56. The molecule has 0 aromatic heterocycles. The van der Waals surface area contributed by atoms with E-state index < -0.39 is 5.91 Å². The van der Waals surface area contributed by atoms with Crippen LogP contribution >= 0.6 is 0 Å². The molecule has 0 saturated carbocycles. The van der Waals surface area contributed by atoms with Crippen LogP contribution in [0.15, 0.2) is 24.3 Å². The molecule has 3 amide bonds. The molecule has 1 aliphatic heterocycles. The van der Waals surface area contributed by atoms with Crippen LogP contribution in [0, 0.1) is 5.92 Å². The molecule has 1 heterocycles. The van der Waals surface area contributed by atoms with Gasteiger partial charge in [-0.25, -0.2) is 4.79 Å². The van der Waals surface area contributed by atoms with E-state index in [1.54, 1.807) is 12.1 Å². The van der Waals surface area contributed by atoms with Crippen LogP contribution in [0.3, 0.4) is 0 Å². The molecule has 0 radical (unpaired) electrons. The topological polar surface area (TPSA) is 75.4 Å². The van der Waals surface area contributed by atoms with E-state index in [4.69, 9.17) is 5.73 Å². The van der Waals surface area contributed by atoms with Gasteiger partial charge in [0.05, 0.1) is 0 Å². The Bertz CT molecular complexity index is 517. The highest BCUT2D eigenvalue weighted by molar-refractivity contribution is 5.92. The number of likely N-dealkylation sites (tertiary alicyclic amines) is 1. The second-order valence-corrected chi connectivity index (χ2v) is 6.30. The monoisotopic (exact) mass is 303 g/mol.